The molecule has 20 heavy (non-hydrogen) atoms. The Morgan fingerprint density at radius 3 is 2.60 bits per heavy atom. The van der Waals surface area contributed by atoms with Crippen LogP contribution < -0.4 is 4.74 Å². The Kier molecular flexibility index (Phi) is 4.43. The first kappa shape index (κ1) is 14.6. The van der Waals surface area contributed by atoms with Crippen LogP contribution in [0.3, 0.4) is 0 Å². The van der Waals surface area contributed by atoms with Crippen LogP contribution in [-0.4, -0.2) is 4.98 Å². The molecule has 0 bridgehead atoms. The molecule has 106 valence electrons. The molecule has 1 atom stereocenters. The molecule has 0 saturated carbocycles. The lowest BCUT2D eigenvalue weighted by atomic mass is 9.78. The van der Waals surface area contributed by atoms with Gasteiger partial charge in [0.15, 0.2) is 0 Å². The molecular weight excluding hydrogens is 246 g/mol. The van der Waals surface area contributed by atoms with Gasteiger partial charge in [-0.3, -0.25) is 4.98 Å². The van der Waals surface area contributed by atoms with Gasteiger partial charge in [-0.05, 0) is 35.1 Å². The van der Waals surface area contributed by atoms with Crippen LogP contribution in [0.25, 0.3) is 0 Å². The van der Waals surface area contributed by atoms with Crippen molar-refractivity contribution in [1.82, 2.24) is 4.98 Å². The second-order valence-corrected chi connectivity index (χ2v) is 6.31. The summed E-state index contributed by atoms with van der Waals surface area (Å²) in [5.41, 5.74) is 2.66. The summed E-state index contributed by atoms with van der Waals surface area (Å²) in [6.07, 6.45) is 3.61. The van der Waals surface area contributed by atoms with Gasteiger partial charge in [0, 0.05) is 18.0 Å². The predicted molar refractivity (Wildman–Crippen MR) is 82.9 cm³/mol. The maximum Gasteiger partial charge on any atom is 0.120 e. The second kappa shape index (κ2) is 6.08. The molecule has 2 nitrogen and oxygen atoms in total. The van der Waals surface area contributed by atoms with Gasteiger partial charge in [0.1, 0.15) is 12.4 Å². The average Bonchev–Trinajstić information content (AvgIpc) is 2.45. The molecule has 0 aliphatic rings. The fourth-order valence-corrected chi connectivity index (χ4v) is 2.02. The zero-order chi connectivity index (χ0) is 14.6. The number of rotatable bonds is 4. The smallest absolute Gasteiger partial charge is 0.120 e. The van der Waals surface area contributed by atoms with E-state index >= 15 is 0 Å². The average molecular weight is 269 g/mol. The first-order chi connectivity index (χ1) is 9.47. The Bertz CT molecular complexity index is 543. The number of pyridine rings is 1. The van der Waals surface area contributed by atoms with E-state index in [1.165, 1.54) is 5.56 Å². The zero-order valence-corrected chi connectivity index (χ0v) is 12.8. The highest BCUT2D eigenvalue weighted by molar-refractivity contribution is 5.31. The van der Waals surface area contributed by atoms with Crippen LogP contribution in [-0.2, 0) is 6.61 Å². The number of nitrogens with zero attached hydrogens (tertiary/aromatic N) is 1. The van der Waals surface area contributed by atoms with E-state index in [4.69, 9.17) is 4.74 Å². The summed E-state index contributed by atoms with van der Waals surface area (Å²) in [6, 6.07) is 12.3. The number of hydrogen-bond donors (Lipinski definition) is 0. The molecule has 2 heteroatoms. The first-order valence-electron chi connectivity index (χ1n) is 7.08. The molecule has 1 unspecified atom stereocenters. The molecule has 0 aliphatic heterocycles. The van der Waals surface area contributed by atoms with E-state index < -0.39 is 0 Å². The molecule has 0 aliphatic carbocycles. The van der Waals surface area contributed by atoms with Gasteiger partial charge in [-0.2, -0.15) is 0 Å². The molecule has 0 amide bonds. The molecular formula is C18H23NO. The van der Waals surface area contributed by atoms with Gasteiger partial charge < -0.3 is 4.74 Å². The fourth-order valence-electron chi connectivity index (χ4n) is 2.02. The van der Waals surface area contributed by atoms with Gasteiger partial charge in [0.25, 0.3) is 0 Å². The maximum absolute atomic E-state index is 5.86. The van der Waals surface area contributed by atoms with Crippen molar-refractivity contribution < 1.29 is 4.74 Å². The molecule has 0 radical (unpaired) electrons. The molecule has 1 heterocycles. The van der Waals surface area contributed by atoms with Gasteiger partial charge in [-0.15, -0.1) is 0 Å². The van der Waals surface area contributed by atoms with Gasteiger partial charge in [0.05, 0.1) is 0 Å². The Morgan fingerprint density at radius 2 is 1.95 bits per heavy atom. The molecule has 2 aromatic rings. The Morgan fingerprint density at radius 1 is 1.15 bits per heavy atom. The minimum atomic E-state index is 0.252. The van der Waals surface area contributed by atoms with Gasteiger partial charge >= 0.3 is 0 Å². The minimum absolute atomic E-state index is 0.252. The van der Waals surface area contributed by atoms with Gasteiger partial charge in [-0.25, -0.2) is 0 Å². The van der Waals surface area contributed by atoms with Crippen molar-refractivity contribution in [1.29, 1.82) is 0 Å². The van der Waals surface area contributed by atoms with Crippen molar-refractivity contribution in [2.45, 2.75) is 40.2 Å². The Balaban J connectivity index is 2.07. The number of benzene rings is 1. The van der Waals surface area contributed by atoms with Crippen molar-refractivity contribution in [3.63, 3.8) is 0 Å². The van der Waals surface area contributed by atoms with Crippen LogP contribution in [0.15, 0.2) is 48.8 Å². The SMILES string of the molecule is CC(c1cccc(OCc2cccnc2)c1)C(C)(C)C. The molecule has 1 aromatic carbocycles. The lowest BCUT2D eigenvalue weighted by Crippen LogP contribution is -2.15. The summed E-state index contributed by atoms with van der Waals surface area (Å²) >= 11 is 0. The van der Waals surface area contributed by atoms with Crippen molar-refractivity contribution in [2.75, 3.05) is 0 Å². The summed E-state index contributed by atoms with van der Waals surface area (Å²) in [5.74, 6) is 1.41. The highest BCUT2D eigenvalue weighted by Gasteiger charge is 2.21. The summed E-state index contributed by atoms with van der Waals surface area (Å²) in [6.45, 7) is 9.62. The normalized spacial score (nSPS) is 13.0. The van der Waals surface area contributed by atoms with E-state index in [2.05, 4.69) is 50.9 Å². The lowest BCUT2D eigenvalue weighted by Gasteiger charge is -2.27. The van der Waals surface area contributed by atoms with Crippen LogP contribution >= 0.6 is 0 Å². The van der Waals surface area contributed by atoms with Crippen LogP contribution in [0.1, 0.15) is 44.7 Å². The summed E-state index contributed by atoms with van der Waals surface area (Å²) in [7, 11) is 0. The number of hydrogen-bond acceptors (Lipinski definition) is 2. The number of aromatic nitrogens is 1. The van der Waals surface area contributed by atoms with Crippen molar-refractivity contribution in [3.05, 3.63) is 59.9 Å². The van der Waals surface area contributed by atoms with Crippen LogP contribution in [0.5, 0.6) is 5.75 Å². The van der Waals surface area contributed by atoms with Crippen LogP contribution in [0.2, 0.25) is 0 Å². The van der Waals surface area contributed by atoms with Crippen molar-refractivity contribution >= 4 is 0 Å². The minimum Gasteiger partial charge on any atom is -0.489 e. The summed E-state index contributed by atoms with van der Waals surface area (Å²) in [5, 5.41) is 0. The Hall–Kier alpha value is -1.83. The van der Waals surface area contributed by atoms with Crippen molar-refractivity contribution in [3.8, 4) is 5.75 Å². The highest BCUT2D eigenvalue weighted by atomic mass is 16.5. The third-order valence-corrected chi connectivity index (χ3v) is 3.79. The second-order valence-electron chi connectivity index (χ2n) is 6.31. The van der Waals surface area contributed by atoms with Crippen LogP contribution in [0.4, 0.5) is 0 Å². The topological polar surface area (TPSA) is 22.1 Å². The molecule has 0 saturated heterocycles. The van der Waals surface area contributed by atoms with E-state index in [0.717, 1.165) is 11.3 Å². The summed E-state index contributed by atoms with van der Waals surface area (Å²) < 4.78 is 5.86. The van der Waals surface area contributed by atoms with E-state index in [9.17, 15) is 0 Å². The molecule has 2 rings (SSSR count). The van der Waals surface area contributed by atoms with Gasteiger partial charge in [0.2, 0.25) is 0 Å². The molecule has 0 spiro atoms. The zero-order valence-electron chi connectivity index (χ0n) is 12.8. The highest BCUT2D eigenvalue weighted by Crippen LogP contribution is 2.35. The molecule has 1 aromatic heterocycles. The summed E-state index contributed by atoms with van der Waals surface area (Å²) in [4.78, 5) is 4.10. The lowest BCUT2D eigenvalue weighted by molar-refractivity contribution is 0.302. The largest absolute Gasteiger partial charge is 0.489 e. The quantitative estimate of drug-likeness (QED) is 0.794. The molecule has 0 N–H and O–H groups in total. The third kappa shape index (κ3) is 3.83. The maximum atomic E-state index is 5.86. The van der Waals surface area contributed by atoms with E-state index in [1.807, 2.05) is 24.4 Å². The number of ether oxygens (including phenoxy) is 1. The van der Waals surface area contributed by atoms with E-state index in [1.54, 1.807) is 6.20 Å². The predicted octanol–water partition coefficient (Wildman–Crippen LogP) is 4.81. The van der Waals surface area contributed by atoms with Crippen LogP contribution in [0, 0.1) is 5.41 Å². The standard InChI is InChI=1S/C18H23NO/c1-14(18(2,3)4)16-8-5-9-17(11-16)20-13-15-7-6-10-19-12-15/h5-12,14H,13H2,1-4H3. The van der Waals surface area contributed by atoms with Gasteiger partial charge in [-0.1, -0.05) is 45.9 Å². The molecule has 0 fully saturated rings. The fraction of sp³-hybridized carbons (Fsp3) is 0.389. The van der Waals surface area contributed by atoms with E-state index in [0.29, 0.717) is 12.5 Å². The van der Waals surface area contributed by atoms with Crippen molar-refractivity contribution in [2.24, 2.45) is 5.41 Å². The van der Waals surface area contributed by atoms with E-state index in [-0.39, 0.29) is 5.41 Å². The monoisotopic (exact) mass is 269 g/mol. The Labute approximate surface area is 121 Å². The first-order valence-corrected chi connectivity index (χ1v) is 7.08. The third-order valence-electron chi connectivity index (χ3n) is 3.79.